The van der Waals surface area contributed by atoms with Crippen LogP contribution < -0.4 is 5.32 Å². The molecule has 3 rings (SSSR count). The number of nitrogens with zero attached hydrogens (tertiary/aromatic N) is 3. The lowest BCUT2D eigenvalue weighted by molar-refractivity contribution is 0.102. The van der Waals surface area contributed by atoms with Gasteiger partial charge in [-0.1, -0.05) is 11.3 Å². The molecule has 0 spiro atoms. The number of fused-ring (bicyclic) bond motifs is 1. The van der Waals surface area contributed by atoms with Gasteiger partial charge in [0, 0.05) is 17.8 Å². The number of carbonyl (C=O) groups excluding carboxylic acids is 1. The monoisotopic (exact) mass is 294 g/mol. The van der Waals surface area contributed by atoms with Crippen LogP contribution in [0.5, 0.6) is 0 Å². The number of aryl methyl sites for hydroxylation is 3. The van der Waals surface area contributed by atoms with Crippen molar-refractivity contribution < 1.29 is 4.79 Å². The molecule has 1 heterocycles. The average molecular weight is 294 g/mol. The molecule has 0 unspecified atom stereocenters. The molecule has 0 bridgehead atoms. The summed E-state index contributed by atoms with van der Waals surface area (Å²) in [5.74, 6) is -0.141. The van der Waals surface area contributed by atoms with E-state index in [1.165, 1.54) is 0 Å². The van der Waals surface area contributed by atoms with E-state index in [0.29, 0.717) is 5.56 Å². The van der Waals surface area contributed by atoms with Crippen LogP contribution in [0, 0.1) is 13.8 Å². The van der Waals surface area contributed by atoms with E-state index in [9.17, 15) is 4.79 Å². The van der Waals surface area contributed by atoms with Crippen molar-refractivity contribution in [3.63, 3.8) is 0 Å². The van der Waals surface area contributed by atoms with E-state index in [2.05, 4.69) is 21.7 Å². The minimum Gasteiger partial charge on any atom is -0.322 e. The van der Waals surface area contributed by atoms with Crippen LogP contribution in [-0.2, 0) is 6.54 Å². The number of hydrogen-bond acceptors (Lipinski definition) is 3. The summed E-state index contributed by atoms with van der Waals surface area (Å²) in [5, 5.41) is 11.1. The topological polar surface area (TPSA) is 59.8 Å². The standard InChI is InChI=1S/C17H18N4O/c1-4-21-16-6-5-13(10-15(16)19-20-21)17(22)18-14-8-11(2)7-12(3)9-14/h5-10H,4H2,1-3H3,(H,18,22). The zero-order chi connectivity index (χ0) is 15.7. The van der Waals surface area contributed by atoms with Gasteiger partial charge in [0.2, 0.25) is 0 Å². The molecule has 1 amide bonds. The second-order valence-corrected chi connectivity index (χ2v) is 5.44. The number of rotatable bonds is 3. The smallest absolute Gasteiger partial charge is 0.255 e. The van der Waals surface area contributed by atoms with Crippen molar-refractivity contribution in [3.8, 4) is 0 Å². The van der Waals surface area contributed by atoms with Crippen molar-refractivity contribution in [3.05, 3.63) is 53.1 Å². The zero-order valence-corrected chi connectivity index (χ0v) is 12.9. The second kappa shape index (κ2) is 5.60. The number of anilines is 1. The number of nitrogens with one attached hydrogen (secondary N) is 1. The van der Waals surface area contributed by atoms with Crippen LogP contribution in [0.2, 0.25) is 0 Å². The fraction of sp³-hybridized carbons (Fsp3) is 0.235. The third kappa shape index (κ3) is 2.70. The van der Waals surface area contributed by atoms with E-state index < -0.39 is 0 Å². The molecule has 5 nitrogen and oxygen atoms in total. The maximum absolute atomic E-state index is 12.4. The number of benzene rings is 2. The van der Waals surface area contributed by atoms with E-state index in [1.54, 1.807) is 16.8 Å². The van der Waals surface area contributed by atoms with Crippen molar-refractivity contribution in [2.24, 2.45) is 0 Å². The minimum atomic E-state index is -0.141. The fourth-order valence-corrected chi connectivity index (χ4v) is 2.60. The molecule has 0 aliphatic heterocycles. The minimum absolute atomic E-state index is 0.141. The van der Waals surface area contributed by atoms with Gasteiger partial charge in [0.05, 0.1) is 5.52 Å². The van der Waals surface area contributed by atoms with Crippen molar-refractivity contribution >= 4 is 22.6 Å². The first-order valence-electron chi connectivity index (χ1n) is 7.29. The lowest BCUT2D eigenvalue weighted by atomic mass is 10.1. The third-order valence-electron chi connectivity index (χ3n) is 3.56. The predicted molar refractivity (Wildman–Crippen MR) is 87.1 cm³/mol. The molecule has 0 aliphatic rings. The van der Waals surface area contributed by atoms with Gasteiger partial charge in [-0.15, -0.1) is 5.10 Å². The molecule has 22 heavy (non-hydrogen) atoms. The normalized spacial score (nSPS) is 10.9. The Bertz CT molecular complexity index is 831. The highest BCUT2D eigenvalue weighted by Gasteiger charge is 2.10. The van der Waals surface area contributed by atoms with Crippen LogP contribution >= 0.6 is 0 Å². The second-order valence-electron chi connectivity index (χ2n) is 5.44. The summed E-state index contributed by atoms with van der Waals surface area (Å²) in [7, 11) is 0. The highest BCUT2D eigenvalue weighted by atomic mass is 16.1. The van der Waals surface area contributed by atoms with Gasteiger partial charge in [0.1, 0.15) is 5.52 Å². The average Bonchev–Trinajstić information content (AvgIpc) is 2.88. The molecular weight excluding hydrogens is 276 g/mol. The van der Waals surface area contributed by atoms with Crippen LogP contribution in [0.4, 0.5) is 5.69 Å². The number of aromatic nitrogens is 3. The van der Waals surface area contributed by atoms with Gasteiger partial charge in [-0.3, -0.25) is 4.79 Å². The molecule has 3 aromatic rings. The van der Waals surface area contributed by atoms with Crippen LogP contribution in [-0.4, -0.2) is 20.9 Å². The Morgan fingerprint density at radius 1 is 1.14 bits per heavy atom. The first-order valence-corrected chi connectivity index (χ1v) is 7.29. The van der Waals surface area contributed by atoms with Crippen LogP contribution in [0.3, 0.4) is 0 Å². The SMILES string of the molecule is CCn1nnc2cc(C(=O)Nc3cc(C)cc(C)c3)ccc21. The molecule has 0 fully saturated rings. The molecular formula is C17H18N4O. The Kier molecular flexibility index (Phi) is 3.63. The zero-order valence-electron chi connectivity index (χ0n) is 12.9. The highest BCUT2D eigenvalue weighted by molar-refractivity contribution is 6.05. The molecule has 5 heteroatoms. The van der Waals surface area contributed by atoms with Gasteiger partial charge in [-0.25, -0.2) is 4.68 Å². The van der Waals surface area contributed by atoms with E-state index in [1.807, 2.05) is 39.0 Å². The third-order valence-corrected chi connectivity index (χ3v) is 3.56. The largest absolute Gasteiger partial charge is 0.322 e. The van der Waals surface area contributed by atoms with Crippen LogP contribution in [0.15, 0.2) is 36.4 Å². The molecule has 1 N–H and O–H groups in total. The van der Waals surface area contributed by atoms with E-state index in [0.717, 1.165) is 34.4 Å². The summed E-state index contributed by atoms with van der Waals surface area (Å²) in [4.78, 5) is 12.4. The maximum atomic E-state index is 12.4. The maximum Gasteiger partial charge on any atom is 0.255 e. The fourth-order valence-electron chi connectivity index (χ4n) is 2.60. The van der Waals surface area contributed by atoms with Crippen LogP contribution in [0.25, 0.3) is 11.0 Å². The lowest BCUT2D eigenvalue weighted by Crippen LogP contribution is -2.12. The molecule has 0 atom stereocenters. The summed E-state index contributed by atoms with van der Waals surface area (Å²) in [6.07, 6.45) is 0. The summed E-state index contributed by atoms with van der Waals surface area (Å²) in [5.41, 5.74) is 5.29. The van der Waals surface area contributed by atoms with Crippen molar-refractivity contribution in [2.75, 3.05) is 5.32 Å². The van der Waals surface area contributed by atoms with E-state index in [4.69, 9.17) is 0 Å². The Balaban J connectivity index is 1.88. The van der Waals surface area contributed by atoms with Crippen LogP contribution in [0.1, 0.15) is 28.4 Å². The summed E-state index contributed by atoms with van der Waals surface area (Å²) in [6, 6.07) is 11.4. The molecule has 1 aromatic heterocycles. The lowest BCUT2D eigenvalue weighted by Gasteiger charge is -2.07. The first-order chi connectivity index (χ1) is 10.6. The summed E-state index contributed by atoms with van der Waals surface area (Å²) in [6.45, 7) is 6.79. The van der Waals surface area contributed by atoms with E-state index >= 15 is 0 Å². The van der Waals surface area contributed by atoms with Gasteiger partial charge in [-0.2, -0.15) is 0 Å². The highest BCUT2D eigenvalue weighted by Crippen LogP contribution is 2.17. The Morgan fingerprint density at radius 2 is 1.86 bits per heavy atom. The molecule has 0 radical (unpaired) electrons. The summed E-state index contributed by atoms with van der Waals surface area (Å²) < 4.78 is 1.81. The van der Waals surface area contributed by atoms with Gasteiger partial charge in [0.25, 0.3) is 5.91 Å². The molecule has 112 valence electrons. The molecule has 0 saturated heterocycles. The Labute approximate surface area is 129 Å². The number of carbonyl (C=O) groups is 1. The van der Waals surface area contributed by atoms with Gasteiger partial charge >= 0.3 is 0 Å². The van der Waals surface area contributed by atoms with Gasteiger partial charge in [0.15, 0.2) is 0 Å². The first kappa shape index (κ1) is 14.3. The van der Waals surface area contributed by atoms with Crippen molar-refractivity contribution in [2.45, 2.75) is 27.3 Å². The summed E-state index contributed by atoms with van der Waals surface area (Å²) >= 11 is 0. The van der Waals surface area contributed by atoms with E-state index in [-0.39, 0.29) is 5.91 Å². The molecule has 0 saturated carbocycles. The molecule has 0 aliphatic carbocycles. The quantitative estimate of drug-likeness (QED) is 0.806. The Morgan fingerprint density at radius 3 is 2.55 bits per heavy atom. The molecule has 2 aromatic carbocycles. The van der Waals surface area contributed by atoms with Gasteiger partial charge in [-0.05, 0) is 62.2 Å². The Hall–Kier alpha value is -2.69. The van der Waals surface area contributed by atoms with Gasteiger partial charge < -0.3 is 5.32 Å². The number of amides is 1. The van der Waals surface area contributed by atoms with Crippen molar-refractivity contribution in [1.82, 2.24) is 15.0 Å². The van der Waals surface area contributed by atoms with Crippen molar-refractivity contribution in [1.29, 1.82) is 0 Å². The predicted octanol–water partition coefficient (Wildman–Crippen LogP) is 3.32. The number of hydrogen-bond donors (Lipinski definition) is 1.